The Bertz CT molecular complexity index is 132. The minimum atomic E-state index is 0.777. The molecule has 1 saturated carbocycles. The van der Waals surface area contributed by atoms with Crippen LogP contribution in [0.25, 0.3) is 0 Å². The second kappa shape index (κ2) is 6.99. The van der Waals surface area contributed by atoms with Gasteiger partial charge < -0.3 is 4.90 Å². The summed E-state index contributed by atoms with van der Waals surface area (Å²) in [7, 11) is 4.19. The fraction of sp³-hybridized carbons (Fsp3) is 0.833. The molecule has 0 aromatic heterocycles. The average molecular weight is 183 g/mol. The lowest BCUT2D eigenvalue weighted by molar-refractivity contribution is 0.333. The van der Waals surface area contributed by atoms with Gasteiger partial charge in [-0.1, -0.05) is 39.7 Å². The molecule has 78 valence electrons. The van der Waals surface area contributed by atoms with E-state index in [0.29, 0.717) is 0 Å². The monoisotopic (exact) mass is 183 g/mol. The molecular formula is C12H25N. The van der Waals surface area contributed by atoms with Crippen molar-refractivity contribution in [1.29, 1.82) is 0 Å². The van der Waals surface area contributed by atoms with Gasteiger partial charge in [-0.15, -0.1) is 0 Å². The van der Waals surface area contributed by atoms with E-state index in [1.54, 1.807) is 0 Å². The summed E-state index contributed by atoms with van der Waals surface area (Å²) in [6.45, 7) is 8.10. The van der Waals surface area contributed by atoms with E-state index in [9.17, 15) is 0 Å². The summed E-state index contributed by atoms with van der Waals surface area (Å²) in [5, 5.41) is 0. The van der Waals surface area contributed by atoms with E-state index in [1.165, 1.54) is 37.8 Å². The zero-order chi connectivity index (χ0) is 10.3. The van der Waals surface area contributed by atoms with Gasteiger partial charge in [0.25, 0.3) is 0 Å². The van der Waals surface area contributed by atoms with Gasteiger partial charge >= 0.3 is 0 Å². The van der Waals surface area contributed by atoms with Crippen LogP contribution < -0.4 is 0 Å². The predicted octanol–water partition coefficient (Wildman–Crippen LogP) is 3.67. The molecule has 0 spiro atoms. The Morgan fingerprint density at radius 1 is 1.08 bits per heavy atom. The number of rotatable bonds is 2. The van der Waals surface area contributed by atoms with Crippen molar-refractivity contribution >= 4 is 0 Å². The third kappa shape index (κ3) is 4.35. The van der Waals surface area contributed by atoms with Crippen molar-refractivity contribution in [2.75, 3.05) is 14.1 Å². The Morgan fingerprint density at radius 2 is 1.54 bits per heavy atom. The van der Waals surface area contributed by atoms with E-state index in [0.717, 1.165) is 5.92 Å². The van der Waals surface area contributed by atoms with Crippen molar-refractivity contribution in [1.82, 2.24) is 4.90 Å². The summed E-state index contributed by atoms with van der Waals surface area (Å²) in [5.74, 6) is 0.777. The molecule has 0 unspecified atom stereocenters. The predicted molar refractivity (Wildman–Crippen MR) is 60.8 cm³/mol. The summed E-state index contributed by atoms with van der Waals surface area (Å²) in [6, 6.07) is 0. The molecule has 0 aromatic carbocycles. The van der Waals surface area contributed by atoms with Crippen molar-refractivity contribution in [2.24, 2.45) is 5.92 Å². The van der Waals surface area contributed by atoms with E-state index in [4.69, 9.17) is 0 Å². The van der Waals surface area contributed by atoms with Gasteiger partial charge in [0.15, 0.2) is 0 Å². The van der Waals surface area contributed by atoms with Gasteiger partial charge in [-0.2, -0.15) is 0 Å². The molecule has 0 saturated heterocycles. The summed E-state index contributed by atoms with van der Waals surface area (Å²) < 4.78 is 0. The quantitative estimate of drug-likeness (QED) is 0.631. The van der Waals surface area contributed by atoms with Gasteiger partial charge in [-0.05, 0) is 18.8 Å². The van der Waals surface area contributed by atoms with Crippen molar-refractivity contribution in [3.63, 3.8) is 0 Å². The molecule has 1 nitrogen and oxygen atoms in total. The summed E-state index contributed by atoms with van der Waals surface area (Å²) >= 11 is 0. The highest BCUT2D eigenvalue weighted by atomic mass is 15.1. The summed E-state index contributed by atoms with van der Waals surface area (Å²) in [4.78, 5) is 2.16. The Balaban J connectivity index is 0.000000671. The molecule has 13 heavy (non-hydrogen) atoms. The largest absolute Gasteiger partial charge is 0.381 e. The molecule has 1 heteroatoms. The van der Waals surface area contributed by atoms with Crippen LogP contribution in [0, 0.1) is 5.92 Å². The Labute approximate surface area is 83.8 Å². The molecule has 0 N–H and O–H groups in total. The van der Waals surface area contributed by atoms with E-state index >= 15 is 0 Å². The third-order valence-corrected chi connectivity index (χ3v) is 2.65. The number of allylic oxidation sites excluding steroid dienone is 1. The molecule has 0 atom stereocenters. The smallest absolute Gasteiger partial charge is 0.00859 e. The first kappa shape index (κ1) is 12.5. The van der Waals surface area contributed by atoms with Gasteiger partial charge in [0.1, 0.15) is 0 Å². The Morgan fingerprint density at radius 3 is 1.92 bits per heavy atom. The topological polar surface area (TPSA) is 3.24 Å². The normalized spacial score (nSPS) is 17.2. The molecule has 0 amide bonds. The van der Waals surface area contributed by atoms with Crippen molar-refractivity contribution < 1.29 is 0 Å². The molecule has 0 aliphatic heterocycles. The van der Waals surface area contributed by atoms with Crippen LogP contribution in [0.1, 0.15) is 46.0 Å². The molecular weight excluding hydrogens is 158 g/mol. The minimum absolute atomic E-state index is 0.777. The van der Waals surface area contributed by atoms with Gasteiger partial charge in [0, 0.05) is 19.8 Å². The van der Waals surface area contributed by atoms with Crippen LogP contribution in [0.4, 0.5) is 0 Å². The van der Waals surface area contributed by atoms with Crippen molar-refractivity contribution in [2.45, 2.75) is 46.0 Å². The van der Waals surface area contributed by atoms with E-state index in [-0.39, 0.29) is 0 Å². The fourth-order valence-corrected chi connectivity index (χ4v) is 1.80. The van der Waals surface area contributed by atoms with Crippen molar-refractivity contribution in [3.8, 4) is 0 Å². The first-order chi connectivity index (χ1) is 6.22. The molecule has 0 heterocycles. The number of hydrogen-bond acceptors (Lipinski definition) is 1. The molecule has 1 aliphatic carbocycles. The zero-order valence-electron chi connectivity index (χ0n) is 9.77. The van der Waals surface area contributed by atoms with Crippen LogP contribution >= 0.6 is 0 Å². The maximum atomic E-state index is 4.10. The lowest BCUT2D eigenvalue weighted by Gasteiger charge is -2.28. The number of hydrogen-bond donors (Lipinski definition) is 0. The van der Waals surface area contributed by atoms with Gasteiger partial charge in [-0.3, -0.25) is 0 Å². The highest BCUT2D eigenvalue weighted by Crippen LogP contribution is 2.29. The summed E-state index contributed by atoms with van der Waals surface area (Å²) in [6.07, 6.45) is 6.94. The maximum Gasteiger partial charge on any atom is 0.00859 e. The molecule has 0 bridgehead atoms. The van der Waals surface area contributed by atoms with Gasteiger partial charge in [-0.25, -0.2) is 0 Å². The maximum absolute atomic E-state index is 4.10. The van der Waals surface area contributed by atoms with Crippen LogP contribution in [-0.4, -0.2) is 19.0 Å². The van der Waals surface area contributed by atoms with Gasteiger partial charge in [0.2, 0.25) is 0 Å². The third-order valence-electron chi connectivity index (χ3n) is 2.65. The highest BCUT2D eigenvalue weighted by Gasteiger charge is 2.16. The molecule has 1 rings (SSSR count). The van der Waals surface area contributed by atoms with Gasteiger partial charge in [0.05, 0.1) is 0 Å². The van der Waals surface area contributed by atoms with Crippen LogP contribution in [0.15, 0.2) is 12.3 Å². The summed E-state index contributed by atoms with van der Waals surface area (Å²) in [5.41, 5.74) is 1.32. The Kier molecular flexibility index (Phi) is 6.75. The minimum Gasteiger partial charge on any atom is -0.381 e. The Hall–Kier alpha value is -0.460. The standard InChI is InChI=1S/C10H19N.C2H6/c1-9(11(2)3)10-7-5-4-6-8-10;1-2/h10H,1,4-8H2,2-3H3;1-2H3. The fourth-order valence-electron chi connectivity index (χ4n) is 1.80. The second-order valence-electron chi connectivity index (χ2n) is 3.72. The van der Waals surface area contributed by atoms with E-state index in [2.05, 4.69) is 25.6 Å². The van der Waals surface area contributed by atoms with E-state index in [1.807, 2.05) is 13.8 Å². The first-order valence-corrected chi connectivity index (χ1v) is 5.58. The lowest BCUT2D eigenvalue weighted by atomic mass is 9.87. The molecule has 1 aliphatic rings. The molecule has 1 fully saturated rings. The van der Waals surface area contributed by atoms with Crippen LogP contribution in [0.5, 0.6) is 0 Å². The lowest BCUT2D eigenvalue weighted by Crippen LogP contribution is -2.20. The van der Waals surface area contributed by atoms with E-state index < -0.39 is 0 Å². The first-order valence-electron chi connectivity index (χ1n) is 5.58. The van der Waals surface area contributed by atoms with Crippen LogP contribution in [0.3, 0.4) is 0 Å². The molecule has 0 radical (unpaired) electrons. The van der Waals surface area contributed by atoms with Crippen molar-refractivity contribution in [3.05, 3.63) is 12.3 Å². The SMILES string of the molecule is C=C(C1CCCCC1)N(C)C.CC. The second-order valence-corrected chi connectivity index (χ2v) is 3.72. The average Bonchev–Trinajstić information content (AvgIpc) is 2.21. The molecule has 0 aromatic rings. The van der Waals surface area contributed by atoms with Crippen LogP contribution in [0.2, 0.25) is 0 Å². The zero-order valence-corrected chi connectivity index (χ0v) is 9.77. The van der Waals surface area contributed by atoms with Crippen LogP contribution in [-0.2, 0) is 0 Å². The number of nitrogens with zero attached hydrogens (tertiary/aromatic N) is 1. The highest BCUT2D eigenvalue weighted by molar-refractivity contribution is 4.98.